The Morgan fingerprint density at radius 3 is 2.17 bits per heavy atom. The minimum absolute atomic E-state index is 0.685. The first-order valence-electron chi connectivity index (χ1n) is 7.49. The fraction of sp³-hybridized carbons (Fsp3) is 0.750. The van der Waals surface area contributed by atoms with E-state index in [1.165, 1.54) is 74.6 Å². The van der Waals surface area contributed by atoms with Crippen LogP contribution in [0.15, 0.2) is 11.4 Å². The molecule has 0 saturated heterocycles. The van der Waals surface area contributed by atoms with Gasteiger partial charge in [0, 0.05) is 4.88 Å². The van der Waals surface area contributed by atoms with Crippen LogP contribution in [0.3, 0.4) is 0 Å². The van der Waals surface area contributed by atoms with Crippen molar-refractivity contribution in [1.29, 1.82) is 0 Å². The van der Waals surface area contributed by atoms with E-state index in [-0.39, 0.29) is 0 Å². The molecule has 2 heteroatoms. The fourth-order valence-corrected chi connectivity index (χ4v) is 3.47. The molecule has 104 valence electrons. The van der Waals surface area contributed by atoms with Gasteiger partial charge in [0.2, 0.25) is 0 Å². The molecule has 1 aromatic rings. The molecule has 0 aliphatic carbocycles. The SMILES string of the molecule is CCCCCCCCCCCc1ccsc1CCl. The predicted octanol–water partition coefficient (Wildman–Crippen LogP) is 6.56. The van der Waals surface area contributed by atoms with E-state index in [4.69, 9.17) is 11.6 Å². The van der Waals surface area contributed by atoms with E-state index in [9.17, 15) is 0 Å². The van der Waals surface area contributed by atoms with Crippen molar-refractivity contribution in [2.24, 2.45) is 0 Å². The number of alkyl halides is 1. The molecule has 1 aromatic heterocycles. The minimum Gasteiger partial charge on any atom is -0.147 e. The fourth-order valence-electron chi connectivity index (χ4n) is 2.33. The first-order valence-corrected chi connectivity index (χ1v) is 8.91. The van der Waals surface area contributed by atoms with Gasteiger partial charge in [-0.25, -0.2) is 0 Å². The molecule has 18 heavy (non-hydrogen) atoms. The summed E-state index contributed by atoms with van der Waals surface area (Å²) in [6.07, 6.45) is 13.8. The van der Waals surface area contributed by atoms with Gasteiger partial charge in [0.15, 0.2) is 0 Å². The molecule has 0 aliphatic rings. The van der Waals surface area contributed by atoms with Crippen LogP contribution in [0.25, 0.3) is 0 Å². The van der Waals surface area contributed by atoms with E-state index in [0.717, 1.165) is 0 Å². The molecular formula is C16H27ClS. The maximum atomic E-state index is 5.91. The maximum absolute atomic E-state index is 5.91. The summed E-state index contributed by atoms with van der Waals surface area (Å²) in [6, 6.07) is 2.24. The average molecular weight is 287 g/mol. The van der Waals surface area contributed by atoms with E-state index in [1.54, 1.807) is 11.3 Å². The van der Waals surface area contributed by atoms with Crippen LogP contribution in [-0.4, -0.2) is 0 Å². The summed E-state index contributed by atoms with van der Waals surface area (Å²) in [6.45, 7) is 2.28. The zero-order valence-corrected chi connectivity index (χ0v) is 13.3. The van der Waals surface area contributed by atoms with Crippen LogP contribution in [-0.2, 0) is 12.3 Å². The Balaban J connectivity index is 1.92. The van der Waals surface area contributed by atoms with Crippen LogP contribution < -0.4 is 0 Å². The van der Waals surface area contributed by atoms with Crippen LogP contribution in [0, 0.1) is 0 Å². The Kier molecular flexibility index (Phi) is 9.69. The summed E-state index contributed by atoms with van der Waals surface area (Å²) >= 11 is 7.70. The number of thiophene rings is 1. The Labute approximate surface area is 122 Å². The normalized spacial score (nSPS) is 11.0. The van der Waals surface area contributed by atoms with E-state index in [2.05, 4.69) is 18.4 Å². The summed E-state index contributed by atoms with van der Waals surface area (Å²) in [7, 11) is 0. The predicted molar refractivity (Wildman–Crippen MR) is 84.8 cm³/mol. The van der Waals surface area contributed by atoms with Gasteiger partial charge >= 0.3 is 0 Å². The number of rotatable bonds is 11. The zero-order chi connectivity index (χ0) is 13.1. The minimum atomic E-state index is 0.685. The van der Waals surface area contributed by atoms with E-state index < -0.39 is 0 Å². The smallest absolute Gasteiger partial charge is 0.0570 e. The molecule has 0 bridgehead atoms. The summed E-state index contributed by atoms with van der Waals surface area (Å²) in [4.78, 5) is 1.37. The second-order valence-electron chi connectivity index (χ2n) is 5.08. The van der Waals surface area contributed by atoms with Gasteiger partial charge in [0.1, 0.15) is 0 Å². The van der Waals surface area contributed by atoms with Gasteiger partial charge < -0.3 is 0 Å². The topological polar surface area (TPSA) is 0 Å². The van der Waals surface area contributed by atoms with Gasteiger partial charge in [-0.3, -0.25) is 0 Å². The first kappa shape index (κ1) is 16.0. The quantitative estimate of drug-likeness (QED) is 0.319. The highest BCUT2D eigenvalue weighted by Gasteiger charge is 2.02. The number of halogens is 1. The number of aryl methyl sites for hydroxylation is 1. The Morgan fingerprint density at radius 1 is 0.944 bits per heavy atom. The highest BCUT2D eigenvalue weighted by Crippen LogP contribution is 2.21. The molecule has 0 amide bonds. The van der Waals surface area contributed by atoms with E-state index in [0.29, 0.717) is 5.88 Å². The van der Waals surface area contributed by atoms with Gasteiger partial charge in [-0.15, -0.1) is 22.9 Å². The van der Waals surface area contributed by atoms with Gasteiger partial charge in [0.05, 0.1) is 5.88 Å². The molecule has 0 nitrogen and oxygen atoms in total. The second kappa shape index (κ2) is 10.9. The highest BCUT2D eigenvalue weighted by molar-refractivity contribution is 7.10. The standard InChI is InChI=1S/C16H27ClS/c1-2-3-4-5-6-7-8-9-10-11-15-12-13-18-16(15)14-17/h12-13H,2-11,14H2,1H3. The van der Waals surface area contributed by atoms with Crippen LogP contribution in [0.4, 0.5) is 0 Å². The van der Waals surface area contributed by atoms with Crippen molar-refractivity contribution < 1.29 is 0 Å². The van der Waals surface area contributed by atoms with Crippen LogP contribution in [0.1, 0.15) is 75.2 Å². The lowest BCUT2D eigenvalue weighted by Gasteiger charge is -2.03. The zero-order valence-electron chi connectivity index (χ0n) is 11.7. The van der Waals surface area contributed by atoms with Crippen molar-refractivity contribution in [1.82, 2.24) is 0 Å². The maximum Gasteiger partial charge on any atom is 0.0570 e. The molecular weight excluding hydrogens is 260 g/mol. The van der Waals surface area contributed by atoms with Crippen molar-refractivity contribution >= 4 is 22.9 Å². The Morgan fingerprint density at radius 2 is 1.56 bits per heavy atom. The number of hydrogen-bond donors (Lipinski definition) is 0. The molecule has 1 heterocycles. The van der Waals surface area contributed by atoms with Crippen molar-refractivity contribution in [3.63, 3.8) is 0 Å². The van der Waals surface area contributed by atoms with Crippen LogP contribution in [0.5, 0.6) is 0 Å². The summed E-state index contributed by atoms with van der Waals surface area (Å²) < 4.78 is 0. The lowest BCUT2D eigenvalue weighted by molar-refractivity contribution is 0.565. The van der Waals surface area contributed by atoms with Gasteiger partial charge in [-0.1, -0.05) is 58.3 Å². The van der Waals surface area contributed by atoms with Crippen molar-refractivity contribution in [3.8, 4) is 0 Å². The van der Waals surface area contributed by atoms with E-state index in [1.807, 2.05) is 0 Å². The average Bonchev–Trinajstić information content (AvgIpc) is 2.84. The molecule has 0 atom stereocenters. The van der Waals surface area contributed by atoms with Crippen molar-refractivity contribution in [3.05, 3.63) is 21.9 Å². The highest BCUT2D eigenvalue weighted by atomic mass is 35.5. The van der Waals surface area contributed by atoms with Crippen LogP contribution >= 0.6 is 22.9 Å². The molecule has 0 fully saturated rings. The van der Waals surface area contributed by atoms with E-state index >= 15 is 0 Å². The molecule has 0 N–H and O–H groups in total. The van der Waals surface area contributed by atoms with Gasteiger partial charge in [0.25, 0.3) is 0 Å². The lowest BCUT2D eigenvalue weighted by atomic mass is 10.0. The monoisotopic (exact) mass is 286 g/mol. The molecule has 1 rings (SSSR count). The summed E-state index contributed by atoms with van der Waals surface area (Å²) in [5.41, 5.74) is 1.48. The largest absolute Gasteiger partial charge is 0.147 e. The third-order valence-corrected chi connectivity index (χ3v) is 4.90. The third-order valence-electron chi connectivity index (χ3n) is 3.51. The molecule has 0 aromatic carbocycles. The molecule has 0 unspecified atom stereocenters. The lowest BCUT2D eigenvalue weighted by Crippen LogP contribution is -1.87. The summed E-state index contributed by atoms with van der Waals surface area (Å²) in [5, 5.41) is 2.17. The third kappa shape index (κ3) is 6.80. The molecule has 0 spiro atoms. The first-order chi connectivity index (χ1) is 8.88. The van der Waals surface area contributed by atoms with Gasteiger partial charge in [-0.05, 0) is 29.9 Å². The van der Waals surface area contributed by atoms with Crippen molar-refractivity contribution in [2.45, 2.75) is 77.0 Å². The second-order valence-corrected chi connectivity index (χ2v) is 6.35. The number of unbranched alkanes of at least 4 members (excludes halogenated alkanes) is 8. The molecule has 0 radical (unpaired) electrons. The van der Waals surface area contributed by atoms with Crippen LogP contribution in [0.2, 0.25) is 0 Å². The summed E-state index contributed by atoms with van der Waals surface area (Å²) in [5.74, 6) is 0.685. The van der Waals surface area contributed by atoms with Gasteiger partial charge in [-0.2, -0.15) is 0 Å². The number of hydrogen-bond acceptors (Lipinski definition) is 1. The Hall–Kier alpha value is -0.0100. The molecule has 0 saturated carbocycles. The van der Waals surface area contributed by atoms with Crippen molar-refractivity contribution in [2.75, 3.05) is 0 Å². The Bertz CT molecular complexity index is 293. The molecule has 0 aliphatic heterocycles.